The number of amides is 1. The quantitative estimate of drug-likeness (QED) is 0.776. The summed E-state index contributed by atoms with van der Waals surface area (Å²) >= 11 is 0. The van der Waals surface area contributed by atoms with Gasteiger partial charge in [-0.1, -0.05) is 30.3 Å². The summed E-state index contributed by atoms with van der Waals surface area (Å²) in [6, 6.07) is 14.6. The number of aromatic nitrogens is 1. The van der Waals surface area contributed by atoms with E-state index < -0.39 is 0 Å². The van der Waals surface area contributed by atoms with Gasteiger partial charge in [-0.05, 0) is 30.2 Å². The van der Waals surface area contributed by atoms with E-state index in [-0.39, 0.29) is 5.91 Å². The molecule has 1 amide bonds. The van der Waals surface area contributed by atoms with Crippen LogP contribution in [0.25, 0.3) is 0 Å². The molecule has 1 aromatic heterocycles. The van der Waals surface area contributed by atoms with Crippen molar-refractivity contribution in [2.75, 3.05) is 63.8 Å². The zero-order chi connectivity index (χ0) is 20.1. The fourth-order valence-electron chi connectivity index (χ4n) is 4.15. The predicted molar refractivity (Wildman–Crippen MR) is 116 cm³/mol. The minimum atomic E-state index is 0.270. The maximum Gasteiger partial charge on any atom is 0.236 e. The Balaban J connectivity index is 1.20. The van der Waals surface area contributed by atoms with Crippen molar-refractivity contribution < 1.29 is 4.79 Å². The monoisotopic (exact) mass is 393 g/mol. The largest absolute Gasteiger partial charge is 0.354 e. The molecule has 154 valence electrons. The lowest BCUT2D eigenvalue weighted by Crippen LogP contribution is -2.53. The van der Waals surface area contributed by atoms with Gasteiger partial charge in [0.2, 0.25) is 5.91 Å². The first-order valence-corrected chi connectivity index (χ1v) is 10.6. The van der Waals surface area contributed by atoms with Crippen LogP contribution in [0.2, 0.25) is 0 Å². The minimum absolute atomic E-state index is 0.270. The second-order valence-electron chi connectivity index (χ2n) is 8.03. The summed E-state index contributed by atoms with van der Waals surface area (Å²) in [5.41, 5.74) is 2.73. The molecule has 4 rings (SSSR count). The van der Waals surface area contributed by atoms with Gasteiger partial charge in [0.25, 0.3) is 0 Å². The van der Waals surface area contributed by atoms with Crippen LogP contribution in [0.5, 0.6) is 0 Å². The molecule has 2 aliphatic heterocycles. The molecular weight excluding hydrogens is 362 g/mol. The van der Waals surface area contributed by atoms with Gasteiger partial charge in [0.05, 0.1) is 6.54 Å². The topological polar surface area (TPSA) is 42.9 Å². The van der Waals surface area contributed by atoms with Crippen molar-refractivity contribution >= 4 is 11.7 Å². The molecule has 2 fully saturated rings. The molecule has 6 nitrogen and oxygen atoms in total. The molecule has 0 saturated carbocycles. The smallest absolute Gasteiger partial charge is 0.236 e. The number of pyridine rings is 1. The lowest BCUT2D eigenvalue weighted by Gasteiger charge is -2.38. The summed E-state index contributed by atoms with van der Waals surface area (Å²) in [7, 11) is 0. The number of piperazine rings is 2. The van der Waals surface area contributed by atoms with Crippen molar-refractivity contribution in [1.29, 1.82) is 0 Å². The molecule has 2 saturated heterocycles. The van der Waals surface area contributed by atoms with E-state index in [1.54, 1.807) is 0 Å². The Morgan fingerprint density at radius 1 is 0.862 bits per heavy atom. The van der Waals surface area contributed by atoms with Gasteiger partial charge in [0, 0.05) is 65.1 Å². The van der Waals surface area contributed by atoms with E-state index in [4.69, 9.17) is 0 Å². The van der Waals surface area contributed by atoms with Gasteiger partial charge in [-0.15, -0.1) is 0 Å². The van der Waals surface area contributed by atoms with E-state index >= 15 is 0 Å². The Hall–Kier alpha value is -2.44. The normalized spacial score (nSPS) is 18.8. The standard InChI is InChI=1S/C23H31N5O/c1-20-6-2-3-7-21(20)18-25-12-16-28(17-13-25)23(29)19-26-10-14-27(15-11-26)22-8-4-5-9-24-22/h2-9H,10-19H2,1H3. The molecule has 2 aliphatic rings. The fraction of sp³-hybridized carbons (Fsp3) is 0.478. The molecule has 0 bridgehead atoms. The van der Waals surface area contributed by atoms with Crippen molar-refractivity contribution in [3.05, 3.63) is 59.8 Å². The van der Waals surface area contributed by atoms with Gasteiger partial charge >= 0.3 is 0 Å². The number of rotatable bonds is 5. The van der Waals surface area contributed by atoms with E-state index in [0.29, 0.717) is 6.54 Å². The van der Waals surface area contributed by atoms with E-state index in [1.165, 1.54) is 11.1 Å². The zero-order valence-corrected chi connectivity index (χ0v) is 17.3. The first kappa shape index (κ1) is 19.9. The highest BCUT2D eigenvalue weighted by Crippen LogP contribution is 2.14. The van der Waals surface area contributed by atoms with E-state index in [9.17, 15) is 4.79 Å². The van der Waals surface area contributed by atoms with Crippen molar-refractivity contribution in [1.82, 2.24) is 19.7 Å². The summed E-state index contributed by atoms with van der Waals surface area (Å²) < 4.78 is 0. The highest BCUT2D eigenvalue weighted by Gasteiger charge is 2.25. The van der Waals surface area contributed by atoms with Crippen molar-refractivity contribution in [3.8, 4) is 0 Å². The molecule has 1 aromatic carbocycles. The zero-order valence-electron chi connectivity index (χ0n) is 17.3. The van der Waals surface area contributed by atoms with Gasteiger partial charge < -0.3 is 9.80 Å². The third-order valence-electron chi connectivity index (χ3n) is 6.08. The average molecular weight is 394 g/mol. The number of carbonyl (C=O) groups is 1. The number of anilines is 1. The molecule has 3 heterocycles. The molecule has 6 heteroatoms. The van der Waals surface area contributed by atoms with Crippen LogP contribution >= 0.6 is 0 Å². The Morgan fingerprint density at radius 3 is 2.24 bits per heavy atom. The molecule has 0 spiro atoms. The predicted octanol–water partition coefficient (Wildman–Crippen LogP) is 1.86. The molecular formula is C23H31N5O. The van der Waals surface area contributed by atoms with Crippen LogP contribution < -0.4 is 4.90 Å². The van der Waals surface area contributed by atoms with Crippen LogP contribution in [0.15, 0.2) is 48.7 Å². The maximum atomic E-state index is 12.8. The van der Waals surface area contributed by atoms with E-state index in [1.807, 2.05) is 23.2 Å². The first-order valence-electron chi connectivity index (χ1n) is 10.6. The van der Waals surface area contributed by atoms with Crippen LogP contribution in [-0.4, -0.2) is 84.5 Å². The van der Waals surface area contributed by atoms with Gasteiger partial charge in [-0.2, -0.15) is 0 Å². The molecule has 0 radical (unpaired) electrons. The molecule has 0 unspecified atom stereocenters. The van der Waals surface area contributed by atoms with Gasteiger partial charge in [-0.25, -0.2) is 4.98 Å². The number of carbonyl (C=O) groups excluding carboxylic acids is 1. The van der Waals surface area contributed by atoms with Crippen molar-refractivity contribution in [3.63, 3.8) is 0 Å². The number of nitrogens with zero attached hydrogens (tertiary/aromatic N) is 5. The highest BCUT2D eigenvalue weighted by molar-refractivity contribution is 5.78. The van der Waals surface area contributed by atoms with Crippen LogP contribution in [0.4, 0.5) is 5.82 Å². The third-order valence-corrected chi connectivity index (χ3v) is 6.08. The van der Waals surface area contributed by atoms with Crippen molar-refractivity contribution in [2.45, 2.75) is 13.5 Å². The van der Waals surface area contributed by atoms with Crippen LogP contribution in [-0.2, 0) is 11.3 Å². The van der Waals surface area contributed by atoms with Crippen molar-refractivity contribution in [2.24, 2.45) is 0 Å². The average Bonchev–Trinajstić information content (AvgIpc) is 2.77. The maximum absolute atomic E-state index is 12.8. The Labute approximate surface area is 173 Å². The molecule has 0 N–H and O–H groups in total. The number of hydrogen-bond acceptors (Lipinski definition) is 5. The van der Waals surface area contributed by atoms with E-state index in [0.717, 1.165) is 64.7 Å². The number of benzene rings is 1. The van der Waals surface area contributed by atoms with Crippen LogP contribution in [0, 0.1) is 6.92 Å². The number of aryl methyl sites for hydroxylation is 1. The summed E-state index contributed by atoms with van der Waals surface area (Å²) in [5.74, 6) is 1.30. The molecule has 29 heavy (non-hydrogen) atoms. The SMILES string of the molecule is Cc1ccccc1CN1CCN(C(=O)CN2CCN(c3ccccn3)CC2)CC1. The lowest BCUT2D eigenvalue weighted by molar-refractivity contribution is -0.134. The second-order valence-corrected chi connectivity index (χ2v) is 8.03. The minimum Gasteiger partial charge on any atom is -0.354 e. The molecule has 0 atom stereocenters. The van der Waals surface area contributed by atoms with Crippen LogP contribution in [0.1, 0.15) is 11.1 Å². The van der Waals surface area contributed by atoms with Gasteiger partial charge in [-0.3, -0.25) is 14.6 Å². The molecule has 0 aliphatic carbocycles. The number of hydrogen-bond donors (Lipinski definition) is 0. The Bertz CT molecular complexity index is 796. The lowest BCUT2D eigenvalue weighted by atomic mass is 10.1. The Morgan fingerprint density at radius 2 is 1.55 bits per heavy atom. The third kappa shape index (κ3) is 5.14. The summed E-state index contributed by atoms with van der Waals surface area (Å²) in [6.07, 6.45) is 1.84. The fourth-order valence-corrected chi connectivity index (χ4v) is 4.15. The van der Waals surface area contributed by atoms with E-state index in [2.05, 4.69) is 56.9 Å². The highest BCUT2D eigenvalue weighted by atomic mass is 16.2. The summed E-state index contributed by atoms with van der Waals surface area (Å²) in [4.78, 5) is 26.3. The first-order chi connectivity index (χ1) is 14.2. The Kier molecular flexibility index (Phi) is 6.42. The van der Waals surface area contributed by atoms with Gasteiger partial charge in [0.15, 0.2) is 0 Å². The summed E-state index contributed by atoms with van der Waals surface area (Å²) in [6.45, 7) is 10.9. The molecule has 2 aromatic rings. The summed E-state index contributed by atoms with van der Waals surface area (Å²) in [5, 5.41) is 0. The second kappa shape index (κ2) is 9.37. The van der Waals surface area contributed by atoms with Crippen LogP contribution in [0.3, 0.4) is 0 Å². The van der Waals surface area contributed by atoms with Gasteiger partial charge in [0.1, 0.15) is 5.82 Å².